The zero-order valence-corrected chi connectivity index (χ0v) is 15.2. The molecule has 114 valence electrons. The van der Waals surface area contributed by atoms with Gasteiger partial charge in [0.05, 0.1) is 10.3 Å². The number of hydrogen-bond acceptors (Lipinski definition) is 4. The third-order valence-corrected chi connectivity index (χ3v) is 6.34. The van der Waals surface area contributed by atoms with E-state index in [1.54, 1.807) is 13.0 Å². The number of rotatable bonds is 5. The van der Waals surface area contributed by atoms with Gasteiger partial charge in [0.2, 0.25) is 5.91 Å². The van der Waals surface area contributed by atoms with Gasteiger partial charge in [0.1, 0.15) is 4.21 Å². The number of hydrogen-bond donors (Lipinski definition) is 1. The second-order valence-electron chi connectivity index (χ2n) is 5.29. The van der Waals surface area contributed by atoms with Crippen molar-refractivity contribution in [3.05, 3.63) is 15.9 Å². The van der Waals surface area contributed by atoms with Crippen molar-refractivity contribution in [1.82, 2.24) is 9.62 Å². The number of thiophene rings is 1. The van der Waals surface area contributed by atoms with Crippen LogP contribution in [0.5, 0.6) is 0 Å². The molecule has 0 spiro atoms. The van der Waals surface area contributed by atoms with Gasteiger partial charge >= 0.3 is 0 Å². The van der Waals surface area contributed by atoms with Crippen LogP contribution in [0.1, 0.15) is 27.7 Å². The molecule has 1 aromatic rings. The largest absolute Gasteiger partial charge is 0.350 e. The van der Waals surface area contributed by atoms with Crippen LogP contribution in [0.25, 0.3) is 0 Å². The van der Waals surface area contributed by atoms with Gasteiger partial charge in [0.25, 0.3) is 10.0 Å². The molecule has 1 N–H and O–H groups in total. The fourth-order valence-electron chi connectivity index (χ4n) is 1.55. The number of carbonyl (C=O) groups is 1. The number of nitrogens with zero attached hydrogens (tertiary/aromatic N) is 1. The molecular weight excluding hydrogens is 364 g/mol. The summed E-state index contributed by atoms with van der Waals surface area (Å²) < 4.78 is 27.0. The number of nitrogens with one attached hydrogen (secondary N) is 1. The maximum atomic E-state index is 12.4. The zero-order valence-electron chi connectivity index (χ0n) is 11.9. The number of sulfonamides is 1. The average Bonchev–Trinajstić information content (AvgIpc) is 2.70. The zero-order chi connectivity index (χ0) is 15.6. The van der Waals surface area contributed by atoms with Gasteiger partial charge in [-0.05, 0) is 48.8 Å². The average molecular weight is 383 g/mol. The molecule has 1 heterocycles. The molecule has 20 heavy (non-hydrogen) atoms. The molecule has 0 aliphatic rings. The van der Waals surface area contributed by atoms with Crippen LogP contribution >= 0.6 is 27.3 Å². The molecule has 1 rings (SSSR count). The number of halogens is 1. The number of carbonyl (C=O) groups excluding carboxylic acids is 1. The molecule has 5 nitrogen and oxygen atoms in total. The molecule has 0 atom stereocenters. The lowest BCUT2D eigenvalue weighted by molar-refractivity contribution is -0.122. The van der Waals surface area contributed by atoms with E-state index in [1.807, 2.05) is 20.8 Å². The Bertz CT molecular complexity index is 576. The molecule has 1 amide bonds. The van der Waals surface area contributed by atoms with Crippen molar-refractivity contribution in [1.29, 1.82) is 0 Å². The Balaban J connectivity index is 2.88. The first-order valence-electron chi connectivity index (χ1n) is 6.13. The molecule has 0 aliphatic carbocycles. The van der Waals surface area contributed by atoms with Crippen molar-refractivity contribution in [2.75, 3.05) is 13.1 Å². The van der Waals surface area contributed by atoms with Crippen LogP contribution in [0.4, 0.5) is 0 Å². The van der Waals surface area contributed by atoms with Gasteiger partial charge in [-0.3, -0.25) is 4.79 Å². The van der Waals surface area contributed by atoms with Crippen LogP contribution in [0, 0.1) is 0 Å². The fraction of sp³-hybridized carbons (Fsp3) is 0.583. The molecule has 8 heteroatoms. The summed E-state index contributed by atoms with van der Waals surface area (Å²) in [6, 6.07) is 3.22. The highest BCUT2D eigenvalue weighted by atomic mass is 79.9. The molecular formula is C12H19BrN2O3S2. The molecule has 0 bridgehead atoms. The fourth-order valence-corrected chi connectivity index (χ4v) is 5.12. The van der Waals surface area contributed by atoms with E-state index >= 15 is 0 Å². The van der Waals surface area contributed by atoms with Gasteiger partial charge in [-0.15, -0.1) is 11.3 Å². The smallest absolute Gasteiger partial charge is 0.253 e. The Labute approximate surface area is 132 Å². The first kappa shape index (κ1) is 17.6. The Morgan fingerprint density at radius 2 is 2.00 bits per heavy atom. The minimum absolute atomic E-state index is 0.175. The summed E-state index contributed by atoms with van der Waals surface area (Å²) in [6.45, 7) is 7.34. The molecule has 0 aromatic carbocycles. The predicted molar refractivity (Wildman–Crippen MR) is 84.3 cm³/mol. The van der Waals surface area contributed by atoms with Gasteiger partial charge in [-0.2, -0.15) is 4.31 Å². The Kier molecular flexibility index (Phi) is 5.77. The lowest BCUT2D eigenvalue weighted by Gasteiger charge is -2.24. The van der Waals surface area contributed by atoms with E-state index in [9.17, 15) is 13.2 Å². The summed E-state index contributed by atoms with van der Waals surface area (Å²) >= 11 is 4.38. The van der Waals surface area contributed by atoms with Crippen molar-refractivity contribution in [2.45, 2.75) is 37.4 Å². The highest BCUT2D eigenvalue weighted by molar-refractivity contribution is 9.11. The summed E-state index contributed by atoms with van der Waals surface area (Å²) in [7, 11) is -3.62. The maximum Gasteiger partial charge on any atom is 0.253 e. The summed E-state index contributed by atoms with van der Waals surface area (Å²) in [5, 5.41) is 2.76. The summed E-state index contributed by atoms with van der Waals surface area (Å²) in [4.78, 5) is 11.9. The van der Waals surface area contributed by atoms with Crippen molar-refractivity contribution in [3.63, 3.8) is 0 Å². The van der Waals surface area contributed by atoms with E-state index < -0.39 is 10.0 Å². The van der Waals surface area contributed by atoms with Crippen LogP contribution in [-0.4, -0.2) is 37.3 Å². The number of amides is 1. The highest BCUT2D eigenvalue weighted by Gasteiger charge is 2.27. The van der Waals surface area contributed by atoms with Gasteiger partial charge in [-0.25, -0.2) is 8.42 Å². The summed E-state index contributed by atoms with van der Waals surface area (Å²) in [5.74, 6) is -0.307. The highest BCUT2D eigenvalue weighted by Crippen LogP contribution is 2.28. The number of likely N-dealkylation sites (N-methyl/N-ethyl adjacent to an activating group) is 1. The SMILES string of the molecule is CCN(CC(=O)NC(C)(C)C)S(=O)(=O)c1ccc(Br)s1. The Morgan fingerprint density at radius 3 is 2.40 bits per heavy atom. The van der Waals surface area contributed by atoms with Gasteiger partial charge in [0, 0.05) is 12.1 Å². The monoisotopic (exact) mass is 382 g/mol. The second kappa shape index (κ2) is 6.55. The summed E-state index contributed by atoms with van der Waals surface area (Å²) in [6.07, 6.45) is 0. The maximum absolute atomic E-state index is 12.4. The van der Waals surface area contributed by atoms with Gasteiger partial charge in [0.15, 0.2) is 0 Å². The van der Waals surface area contributed by atoms with E-state index in [0.717, 1.165) is 15.1 Å². The standard InChI is InChI=1S/C12H19BrN2O3S2/c1-5-15(8-10(16)14-12(2,3)4)20(17,18)11-7-6-9(13)19-11/h6-7H,5,8H2,1-4H3,(H,14,16). The normalized spacial score (nSPS) is 12.7. The van der Waals surface area contributed by atoms with Crippen LogP contribution in [0.2, 0.25) is 0 Å². The molecule has 0 aliphatic heterocycles. The molecule has 0 radical (unpaired) electrons. The van der Waals surface area contributed by atoms with Crippen molar-refractivity contribution >= 4 is 43.2 Å². The lowest BCUT2D eigenvalue weighted by Crippen LogP contribution is -2.47. The van der Waals surface area contributed by atoms with Crippen LogP contribution in [-0.2, 0) is 14.8 Å². The van der Waals surface area contributed by atoms with E-state index in [-0.39, 0.29) is 28.7 Å². The molecule has 0 unspecified atom stereocenters. The second-order valence-corrected chi connectivity index (χ2v) is 9.92. The van der Waals surface area contributed by atoms with Crippen molar-refractivity contribution in [2.24, 2.45) is 0 Å². The van der Waals surface area contributed by atoms with Crippen LogP contribution in [0.15, 0.2) is 20.1 Å². The van der Waals surface area contributed by atoms with E-state index in [0.29, 0.717) is 0 Å². The third-order valence-electron chi connectivity index (χ3n) is 2.33. The Morgan fingerprint density at radius 1 is 1.40 bits per heavy atom. The molecule has 0 saturated carbocycles. The van der Waals surface area contributed by atoms with Crippen LogP contribution < -0.4 is 5.32 Å². The Hall–Kier alpha value is -0.440. The van der Waals surface area contributed by atoms with Crippen molar-refractivity contribution < 1.29 is 13.2 Å². The third kappa shape index (κ3) is 4.83. The lowest BCUT2D eigenvalue weighted by atomic mass is 10.1. The van der Waals surface area contributed by atoms with E-state index in [4.69, 9.17) is 0 Å². The van der Waals surface area contributed by atoms with E-state index in [2.05, 4.69) is 21.2 Å². The minimum Gasteiger partial charge on any atom is -0.350 e. The summed E-state index contributed by atoms with van der Waals surface area (Å²) in [5.41, 5.74) is -0.383. The van der Waals surface area contributed by atoms with Gasteiger partial charge < -0.3 is 5.32 Å². The minimum atomic E-state index is -3.62. The first-order valence-corrected chi connectivity index (χ1v) is 9.17. The van der Waals surface area contributed by atoms with Crippen molar-refractivity contribution in [3.8, 4) is 0 Å². The molecule has 0 fully saturated rings. The van der Waals surface area contributed by atoms with Gasteiger partial charge in [-0.1, -0.05) is 6.92 Å². The quantitative estimate of drug-likeness (QED) is 0.849. The first-order chi connectivity index (χ1) is 9.06. The molecule has 0 saturated heterocycles. The van der Waals surface area contributed by atoms with E-state index in [1.165, 1.54) is 10.4 Å². The van der Waals surface area contributed by atoms with Crippen LogP contribution in [0.3, 0.4) is 0 Å². The topological polar surface area (TPSA) is 66.5 Å². The molecule has 1 aromatic heterocycles. The predicted octanol–water partition coefficient (Wildman–Crippen LogP) is 2.44.